The van der Waals surface area contributed by atoms with Gasteiger partial charge in [-0.05, 0) is 19.1 Å². The molecule has 0 saturated heterocycles. The zero-order chi connectivity index (χ0) is 16.8. The van der Waals surface area contributed by atoms with Crippen molar-refractivity contribution >= 4 is 23.2 Å². The van der Waals surface area contributed by atoms with Crippen molar-refractivity contribution in [1.82, 2.24) is 10.3 Å². The first kappa shape index (κ1) is 17.0. The molecule has 122 valence electrons. The number of thiazole rings is 1. The lowest BCUT2D eigenvalue weighted by molar-refractivity contribution is -0.141. The first-order valence-electron chi connectivity index (χ1n) is 7.01. The van der Waals surface area contributed by atoms with Gasteiger partial charge in [-0.3, -0.25) is 9.59 Å². The summed E-state index contributed by atoms with van der Waals surface area (Å²) in [6.07, 6.45) is 0.117. The van der Waals surface area contributed by atoms with Gasteiger partial charge in [0.15, 0.2) is 0 Å². The van der Waals surface area contributed by atoms with Gasteiger partial charge < -0.3 is 14.8 Å². The Morgan fingerprint density at radius 3 is 2.74 bits per heavy atom. The number of benzene rings is 1. The van der Waals surface area contributed by atoms with Gasteiger partial charge >= 0.3 is 5.97 Å². The number of methoxy groups -OCH3 is 2. The minimum atomic E-state index is -0.370. The highest BCUT2D eigenvalue weighted by Gasteiger charge is 2.17. The van der Waals surface area contributed by atoms with Crippen molar-refractivity contribution in [3.05, 3.63) is 35.3 Å². The van der Waals surface area contributed by atoms with E-state index in [9.17, 15) is 9.59 Å². The average Bonchev–Trinajstić information content (AvgIpc) is 3.04. The van der Waals surface area contributed by atoms with E-state index in [1.54, 1.807) is 19.4 Å². The van der Waals surface area contributed by atoms with Crippen LogP contribution in [0.5, 0.6) is 5.75 Å². The Morgan fingerprint density at radius 1 is 1.30 bits per heavy atom. The molecule has 0 saturated carbocycles. The number of amides is 1. The van der Waals surface area contributed by atoms with E-state index in [4.69, 9.17) is 4.74 Å². The Morgan fingerprint density at radius 2 is 2.04 bits per heavy atom. The summed E-state index contributed by atoms with van der Waals surface area (Å²) in [5.74, 6) is 0.0115. The molecule has 0 aliphatic rings. The van der Waals surface area contributed by atoms with Gasteiger partial charge in [-0.1, -0.05) is 12.1 Å². The van der Waals surface area contributed by atoms with Crippen LogP contribution in [0.15, 0.2) is 29.6 Å². The third kappa shape index (κ3) is 4.29. The standard InChI is InChI=1S/C16H18N2O4S/c1-10(8-14(19)22-3)17-15(20)12-9-23-16(18-12)11-6-4-5-7-13(11)21-2/h4-7,9-10H,8H2,1-3H3,(H,17,20)/t10-/m0/s1. The fourth-order valence-electron chi connectivity index (χ4n) is 2.01. The van der Waals surface area contributed by atoms with Gasteiger partial charge in [0, 0.05) is 11.4 Å². The molecule has 0 fully saturated rings. The summed E-state index contributed by atoms with van der Waals surface area (Å²) in [5.41, 5.74) is 1.15. The van der Waals surface area contributed by atoms with E-state index in [-0.39, 0.29) is 24.3 Å². The molecule has 6 nitrogen and oxygen atoms in total. The van der Waals surface area contributed by atoms with Gasteiger partial charge in [-0.25, -0.2) is 4.98 Å². The summed E-state index contributed by atoms with van der Waals surface area (Å²) in [6.45, 7) is 1.74. The molecule has 0 radical (unpaired) electrons. The molecule has 1 amide bonds. The summed E-state index contributed by atoms with van der Waals surface area (Å²) >= 11 is 1.36. The summed E-state index contributed by atoms with van der Waals surface area (Å²) < 4.78 is 9.88. The van der Waals surface area contributed by atoms with E-state index in [0.29, 0.717) is 16.5 Å². The van der Waals surface area contributed by atoms with Crippen LogP contribution in [0.4, 0.5) is 0 Å². The Bertz CT molecular complexity index is 699. The third-order valence-corrected chi connectivity index (χ3v) is 4.03. The second-order valence-corrected chi connectivity index (χ2v) is 5.75. The van der Waals surface area contributed by atoms with E-state index < -0.39 is 0 Å². The normalized spacial score (nSPS) is 11.6. The molecule has 1 heterocycles. The number of rotatable bonds is 6. The van der Waals surface area contributed by atoms with Crippen LogP contribution in [0.25, 0.3) is 10.6 Å². The Kier molecular flexibility index (Phi) is 5.70. The zero-order valence-electron chi connectivity index (χ0n) is 13.2. The number of carbonyl (C=O) groups excluding carboxylic acids is 2. The Hall–Kier alpha value is -2.41. The second-order valence-electron chi connectivity index (χ2n) is 4.89. The number of para-hydroxylation sites is 1. The number of nitrogens with zero attached hydrogens (tertiary/aromatic N) is 1. The van der Waals surface area contributed by atoms with Crippen molar-refractivity contribution in [3.63, 3.8) is 0 Å². The molecule has 7 heteroatoms. The van der Waals surface area contributed by atoms with Crippen LogP contribution in [-0.4, -0.2) is 37.1 Å². The van der Waals surface area contributed by atoms with Crippen LogP contribution in [0, 0.1) is 0 Å². The van der Waals surface area contributed by atoms with Gasteiger partial charge in [-0.15, -0.1) is 11.3 Å². The maximum atomic E-state index is 12.2. The number of aromatic nitrogens is 1. The van der Waals surface area contributed by atoms with E-state index in [0.717, 1.165) is 5.56 Å². The Balaban J connectivity index is 2.09. The van der Waals surface area contributed by atoms with Crippen LogP contribution in [-0.2, 0) is 9.53 Å². The highest BCUT2D eigenvalue weighted by Crippen LogP contribution is 2.31. The van der Waals surface area contributed by atoms with E-state index in [2.05, 4.69) is 15.0 Å². The minimum absolute atomic E-state index is 0.117. The molecule has 0 aliphatic carbocycles. The molecular weight excluding hydrogens is 316 g/mol. The van der Waals surface area contributed by atoms with Crippen molar-refractivity contribution in [2.75, 3.05) is 14.2 Å². The highest BCUT2D eigenvalue weighted by atomic mass is 32.1. The molecule has 0 bridgehead atoms. The van der Waals surface area contributed by atoms with Crippen LogP contribution in [0.2, 0.25) is 0 Å². The van der Waals surface area contributed by atoms with E-state index in [1.165, 1.54) is 18.4 Å². The van der Waals surface area contributed by atoms with Crippen molar-refractivity contribution < 1.29 is 19.1 Å². The molecule has 1 N–H and O–H groups in total. The molecule has 1 aromatic heterocycles. The van der Waals surface area contributed by atoms with Gasteiger partial charge in [0.1, 0.15) is 16.5 Å². The average molecular weight is 334 g/mol. The number of nitrogens with one attached hydrogen (secondary N) is 1. The summed E-state index contributed by atoms with van der Waals surface area (Å²) in [4.78, 5) is 27.7. The molecule has 0 spiro atoms. The SMILES string of the molecule is COC(=O)C[C@H](C)NC(=O)c1csc(-c2ccccc2OC)n1. The predicted octanol–water partition coefficient (Wildman–Crippen LogP) is 2.50. The predicted molar refractivity (Wildman–Crippen MR) is 87.7 cm³/mol. The molecule has 23 heavy (non-hydrogen) atoms. The smallest absolute Gasteiger partial charge is 0.307 e. The van der Waals surface area contributed by atoms with Gasteiger partial charge in [0.2, 0.25) is 0 Å². The largest absolute Gasteiger partial charge is 0.496 e. The summed E-state index contributed by atoms with van der Waals surface area (Å²) in [7, 11) is 2.91. The lowest BCUT2D eigenvalue weighted by Crippen LogP contribution is -2.34. The molecular formula is C16H18N2O4S. The van der Waals surface area contributed by atoms with E-state index >= 15 is 0 Å². The molecule has 1 aromatic carbocycles. The monoisotopic (exact) mass is 334 g/mol. The molecule has 1 atom stereocenters. The van der Waals surface area contributed by atoms with Gasteiger partial charge in [0.05, 0.1) is 26.2 Å². The lowest BCUT2D eigenvalue weighted by atomic mass is 10.2. The number of esters is 1. The zero-order valence-corrected chi connectivity index (χ0v) is 14.0. The number of ether oxygens (including phenoxy) is 2. The fraction of sp³-hybridized carbons (Fsp3) is 0.312. The third-order valence-electron chi connectivity index (χ3n) is 3.15. The fourth-order valence-corrected chi connectivity index (χ4v) is 2.83. The molecule has 0 aliphatic heterocycles. The second kappa shape index (κ2) is 7.73. The Labute approximate surface area is 138 Å². The van der Waals surface area contributed by atoms with Crippen molar-refractivity contribution in [2.24, 2.45) is 0 Å². The summed E-state index contributed by atoms with van der Waals surface area (Å²) in [6, 6.07) is 7.16. The number of hydrogen-bond acceptors (Lipinski definition) is 6. The van der Waals surface area contributed by atoms with Gasteiger partial charge in [0.25, 0.3) is 5.91 Å². The van der Waals surface area contributed by atoms with Crippen molar-refractivity contribution in [3.8, 4) is 16.3 Å². The van der Waals surface area contributed by atoms with Crippen LogP contribution in [0.1, 0.15) is 23.8 Å². The highest BCUT2D eigenvalue weighted by molar-refractivity contribution is 7.13. The lowest BCUT2D eigenvalue weighted by Gasteiger charge is -2.11. The van der Waals surface area contributed by atoms with Gasteiger partial charge in [-0.2, -0.15) is 0 Å². The first-order valence-corrected chi connectivity index (χ1v) is 7.89. The van der Waals surface area contributed by atoms with Crippen LogP contribution >= 0.6 is 11.3 Å². The maximum absolute atomic E-state index is 12.2. The maximum Gasteiger partial charge on any atom is 0.307 e. The quantitative estimate of drug-likeness (QED) is 0.821. The molecule has 0 unspecified atom stereocenters. The number of hydrogen-bond donors (Lipinski definition) is 1. The molecule has 2 aromatic rings. The topological polar surface area (TPSA) is 77.5 Å². The number of carbonyl (C=O) groups is 2. The van der Waals surface area contributed by atoms with E-state index in [1.807, 2.05) is 24.3 Å². The van der Waals surface area contributed by atoms with Crippen LogP contribution < -0.4 is 10.1 Å². The first-order chi connectivity index (χ1) is 11.0. The minimum Gasteiger partial charge on any atom is -0.496 e. The molecule has 2 rings (SSSR count). The summed E-state index contributed by atoms with van der Waals surface area (Å²) in [5, 5.41) is 5.11. The van der Waals surface area contributed by atoms with Crippen LogP contribution in [0.3, 0.4) is 0 Å². The van der Waals surface area contributed by atoms with Crippen molar-refractivity contribution in [1.29, 1.82) is 0 Å². The van der Waals surface area contributed by atoms with Crippen molar-refractivity contribution in [2.45, 2.75) is 19.4 Å².